The van der Waals surface area contributed by atoms with Crippen molar-refractivity contribution in [3.63, 3.8) is 0 Å². The summed E-state index contributed by atoms with van der Waals surface area (Å²) < 4.78 is 12.3. The molecule has 24 heavy (non-hydrogen) atoms. The van der Waals surface area contributed by atoms with E-state index in [1.54, 1.807) is 29.0 Å². The molecule has 1 aliphatic carbocycles. The molecule has 0 saturated heterocycles. The number of aromatic nitrogens is 1. The lowest BCUT2D eigenvalue weighted by Crippen LogP contribution is -2.29. The lowest BCUT2D eigenvalue weighted by atomic mass is 9.96. The molecule has 2 heterocycles. The van der Waals surface area contributed by atoms with Crippen molar-refractivity contribution in [3.05, 3.63) is 53.6 Å². The number of pyridine rings is 1. The fourth-order valence-electron chi connectivity index (χ4n) is 3.28. The molecular weight excluding hydrogens is 304 g/mol. The molecule has 1 aromatic heterocycles. The van der Waals surface area contributed by atoms with Gasteiger partial charge in [0.25, 0.3) is 5.91 Å². The Balaban J connectivity index is 1.68. The Labute approximate surface area is 140 Å². The summed E-state index contributed by atoms with van der Waals surface area (Å²) in [4.78, 5) is 17.7. The molecule has 4 rings (SSSR count). The van der Waals surface area contributed by atoms with Crippen LogP contribution in [0, 0.1) is 0 Å². The van der Waals surface area contributed by atoms with Crippen molar-refractivity contribution in [2.24, 2.45) is 4.99 Å². The van der Waals surface area contributed by atoms with Gasteiger partial charge in [-0.2, -0.15) is 0 Å². The normalized spacial score (nSPS) is 17.9. The summed E-state index contributed by atoms with van der Waals surface area (Å²) in [6, 6.07) is 11.3. The van der Waals surface area contributed by atoms with Crippen molar-refractivity contribution in [2.75, 3.05) is 6.79 Å². The summed E-state index contributed by atoms with van der Waals surface area (Å²) in [5.41, 5.74) is 1.28. The van der Waals surface area contributed by atoms with Gasteiger partial charge in [0.2, 0.25) is 6.79 Å². The number of ether oxygens (including phenoxy) is 2. The highest BCUT2D eigenvalue weighted by Crippen LogP contribution is 2.32. The third-order valence-corrected chi connectivity index (χ3v) is 4.57. The predicted molar refractivity (Wildman–Crippen MR) is 89.2 cm³/mol. The number of carbonyl (C=O) groups excluding carboxylic acids is 1. The van der Waals surface area contributed by atoms with Gasteiger partial charge in [-0.25, -0.2) is 0 Å². The van der Waals surface area contributed by atoms with Gasteiger partial charge in [0.1, 0.15) is 5.49 Å². The van der Waals surface area contributed by atoms with Crippen molar-refractivity contribution in [3.8, 4) is 11.5 Å². The first kappa shape index (κ1) is 15.0. The van der Waals surface area contributed by atoms with Gasteiger partial charge in [0.15, 0.2) is 11.5 Å². The van der Waals surface area contributed by atoms with Crippen LogP contribution in [0.4, 0.5) is 0 Å². The standard InChI is InChI=1S/C19H20N2O3/c22-19(14-9-10-16-17(12-14)24-13-23-16)21-11-5-4-8-18(21)20-15-6-2-1-3-7-15/h4-5,8-12,15H,1-3,6-7,13H2. The summed E-state index contributed by atoms with van der Waals surface area (Å²) in [5, 5.41) is 0. The molecule has 1 fully saturated rings. The second kappa shape index (κ2) is 6.51. The van der Waals surface area contributed by atoms with E-state index in [-0.39, 0.29) is 12.7 Å². The first-order chi connectivity index (χ1) is 11.8. The molecule has 2 aliphatic rings. The van der Waals surface area contributed by atoms with Crippen LogP contribution in [0.1, 0.15) is 42.5 Å². The highest BCUT2D eigenvalue weighted by atomic mass is 16.7. The maximum absolute atomic E-state index is 12.9. The molecule has 0 radical (unpaired) electrons. The zero-order valence-electron chi connectivity index (χ0n) is 13.5. The molecule has 1 saturated carbocycles. The van der Waals surface area contributed by atoms with Crippen LogP contribution >= 0.6 is 0 Å². The number of fused-ring (bicyclic) bond motifs is 1. The lowest BCUT2D eigenvalue weighted by molar-refractivity contribution is 0.0954. The smallest absolute Gasteiger partial charge is 0.263 e. The van der Waals surface area contributed by atoms with Gasteiger partial charge >= 0.3 is 0 Å². The summed E-state index contributed by atoms with van der Waals surface area (Å²) in [6.45, 7) is 0.202. The summed E-state index contributed by atoms with van der Waals surface area (Å²) in [7, 11) is 0. The Kier molecular flexibility index (Phi) is 4.07. The van der Waals surface area contributed by atoms with Crippen LogP contribution in [0.15, 0.2) is 47.6 Å². The quantitative estimate of drug-likeness (QED) is 0.853. The third kappa shape index (κ3) is 2.94. The number of nitrogens with zero attached hydrogens (tertiary/aromatic N) is 2. The molecule has 1 aliphatic heterocycles. The van der Waals surface area contributed by atoms with E-state index in [4.69, 9.17) is 14.5 Å². The second-order valence-corrected chi connectivity index (χ2v) is 6.22. The monoisotopic (exact) mass is 324 g/mol. The molecule has 0 atom stereocenters. The summed E-state index contributed by atoms with van der Waals surface area (Å²) in [6.07, 6.45) is 7.71. The van der Waals surface area contributed by atoms with Gasteiger partial charge in [0, 0.05) is 11.8 Å². The van der Waals surface area contributed by atoms with E-state index < -0.39 is 0 Å². The largest absolute Gasteiger partial charge is 0.454 e. The fraction of sp³-hybridized carbons (Fsp3) is 0.368. The van der Waals surface area contributed by atoms with Crippen molar-refractivity contribution >= 4 is 5.91 Å². The second-order valence-electron chi connectivity index (χ2n) is 6.22. The van der Waals surface area contributed by atoms with Crippen LogP contribution in [0.3, 0.4) is 0 Å². The third-order valence-electron chi connectivity index (χ3n) is 4.57. The van der Waals surface area contributed by atoms with E-state index in [0.717, 1.165) is 12.8 Å². The molecule has 0 amide bonds. The van der Waals surface area contributed by atoms with Crippen LogP contribution in [0.5, 0.6) is 11.5 Å². The first-order valence-electron chi connectivity index (χ1n) is 8.47. The Hall–Kier alpha value is -2.56. The van der Waals surface area contributed by atoms with Gasteiger partial charge < -0.3 is 9.47 Å². The summed E-state index contributed by atoms with van der Waals surface area (Å²) >= 11 is 0. The zero-order chi connectivity index (χ0) is 16.4. The molecule has 2 aromatic rings. The maximum Gasteiger partial charge on any atom is 0.263 e. The van der Waals surface area contributed by atoms with Crippen molar-refractivity contribution in [1.82, 2.24) is 4.57 Å². The highest BCUT2D eigenvalue weighted by molar-refractivity contribution is 5.96. The SMILES string of the molecule is O=C(c1ccc2c(c1)OCO2)n1ccccc1=NC1CCCCC1. The minimum absolute atomic E-state index is 0.108. The van der Waals surface area contributed by atoms with Crippen LogP contribution in [0.25, 0.3) is 0 Å². The number of benzene rings is 1. The fourth-order valence-corrected chi connectivity index (χ4v) is 3.28. The minimum Gasteiger partial charge on any atom is -0.454 e. The van der Waals surface area contributed by atoms with Crippen molar-refractivity contribution in [2.45, 2.75) is 38.1 Å². The Morgan fingerprint density at radius 1 is 1.04 bits per heavy atom. The Bertz CT molecular complexity index is 819. The molecule has 0 spiro atoms. The van der Waals surface area contributed by atoms with Gasteiger partial charge in [-0.05, 0) is 43.2 Å². The van der Waals surface area contributed by atoms with Crippen LogP contribution in [-0.2, 0) is 0 Å². The topological polar surface area (TPSA) is 52.8 Å². The molecule has 5 nitrogen and oxygen atoms in total. The Morgan fingerprint density at radius 2 is 1.88 bits per heavy atom. The van der Waals surface area contributed by atoms with Gasteiger partial charge in [0.05, 0.1) is 6.04 Å². The van der Waals surface area contributed by atoms with Crippen molar-refractivity contribution < 1.29 is 14.3 Å². The van der Waals surface area contributed by atoms with Crippen LogP contribution in [0.2, 0.25) is 0 Å². The van der Waals surface area contributed by atoms with Crippen LogP contribution < -0.4 is 15.0 Å². The van der Waals surface area contributed by atoms with Gasteiger partial charge in [-0.15, -0.1) is 0 Å². The number of hydrogen-bond acceptors (Lipinski definition) is 4. The van der Waals surface area contributed by atoms with Gasteiger partial charge in [-0.1, -0.05) is 25.3 Å². The molecule has 0 unspecified atom stereocenters. The summed E-state index contributed by atoms with van der Waals surface area (Å²) in [5.74, 6) is 1.18. The lowest BCUT2D eigenvalue weighted by Gasteiger charge is -2.17. The van der Waals surface area contributed by atoms with E-state index in [1.165, 1.54) is 19.3 Å². The molecule has 124 valence electrons. The first-order valence-corrected chi connectivity index (χ1v) is 8.47. The molecule has 0 bridgehead atoms. The van der Waals surface area contributed by atoms with Gasteiger partial charge in [-0.3, -0.25) is 14.4 Å². The van der Waals surface area contributed by atoms with E-state index in [9.17, 15) is 4.79 Å². The van der Waals surface area contributed by atoms with E-state index in [2.05, 4.69) is 0 Å². The Morgan fingerprint density at radius 3 is 2.75 bits per heavy atom. The molecule has 0 N–H and O–H groups in total. The zero-order valence-corrected chi connectivity index (χ0v) is 13.5. The predicted octanol–water partition coefficient (Wildman–Crippen LogP) is 3.14. The van der Waals surface area contributed by atoms with Crippen molar-refractivity contribution in [1.29, 1.82) is 0 Å². The average molecular weight is 324 g/mol. The van der Waals surface area contributed by atoms with Crippen LogP contribution in [-0.4, -0.2) is 23.3 Å². The number of carbonyl (C=O) groups is 1. The maximum atomic E-state index is 12.9. The minimum atomic E-state index is -0.108. The highest BCUT2D eigenvalue weighted by Gasteiger charge is 2.18. The molecular formula is C19H20N2O3. The molecule has 1 aromatic carbocycles. The molecule has 5 heteroatoms. The van der Waals surface area contributed by atoms with E-state index in [1.807, 2.05) is 18.2 Å². The average Bonchev–Trinajstić information content (AvgIpc) is 3.10. The van der Waals surface area contributed by atoms with E-state index in [0.29, 0.717) is 28.6 Å². The number of rotatable bonds is 2. The number of hydrogen-bond donors (Lipinski definition) is 0. The van der Waals surface area contributed by atoms with E-state index >= 15 is 0 Å².